The van der Waals surface area contributed by atoms with Gasteiger partial charge in [-0.05, 0) is 62.2 Å². The third kappa shape index (κ3) is 6.17. The van der Waals surface area contributed by atoms with Gasteiger partial charge in [0.25, 0.3) is 5.91 Å². The molecule has 1 atom stereocenters. The van der Waals surface area contributed by atoms with Crippen molar-refractivity contribution in [1.82, 2.24) is 15.0 Å². The lowest BCUT2D eigenvalue weighted by Crippen LogP contribution is -2.36. The summed E-state index contributed by atoms with van der Waals surface area (Å²) in [4.78, 5) is 22.1. The Morgan fingerprint density at radius 3 is 2.56 bits per heavy atom. The molecule has 1 unspecified atom stereocenters. The van der Waals surface area contributed by atoms with Gasteiger partial charge in [-0.15, -0.1) is 0 Å². The zero-order valence-electron chi connectivity index (χ0n) is 24.6. The first-order valence-corrected chi connectivity index (χ1v) is 14.3. The molecule has 1 aliphatic carbocycles. The first-order chi connectivity index (χ1) is 20.8. The highest BCUT2D eigenvalue weighted by atomic mass is 16.6. The van der Waals surface area contributed by atoms with Crippen molar-refractivity contribution >= 4 is 28.3 Å². The monoisotopic (exact) mass is 577 g/mol. The summed E-state index contributed by atoms with van der Waals surface area (Å²) in [6.45, 7) is 6.37. The van der Waals surface area contributed by atoms with E-state index in [1.165, 1.54) is 0 Å². The van der Waals surface area contributed by atoms with E-state index in [2.05, 4.69) is 21.9 Å². The van der Waals surface area contributed by atoms with Gasteiger partial charge in [0.1, 0.15) is 29.2 Å². The number of pyridine rings is 2. The van der Waals surface area contributed by atoms with E-state index in [1.807, 2.05) is 85.6 Å². The predicted octanol–water partition coefficient (Wildman–Crippen LogP) is 6.50. The van der Waals surface area contributed by atoms with Crippen LogP contribution in [0.3, 0.4) is 0 Å². The molecule has 2 fully saturated rings. The van der Waals surface area contributed by atoms with Crippen molar-refractivity contribution in [2.75, 3.05) is 31.0 Å². The zero-order valence-corrected chi connectivity index (χ0v) is 24.6. The number of hydrazine groups is 1. The fourth-order valence-corrected chi connectivity index (χ4v) is 5.27. The number of carbonyl (C=O) groups excluding carboxylic acids is 1. The van der Waals surface area contributed by atoms with Crippen LogP contribution >= 0.6 is 0 Å². The van der Waals surface area contributed by atoms with Crippen LogP contribution in [0, 0.1) is 0 Å². The largest absolute Gasteiger partial charge is 0.488 e. The van der Waals surface area contributed by atoms with Crippen LogP contribution in [0.5, 0.6) is 17.2 Å². The molecule has 1 saturated carbocycles. The van der Waals surface area contributed by atoms with Gasteiger partial charge < -0.3 is 19.5 Å². The molecule has 3 heterocycles. The number of hydrogen-bond acceptors (Lipinski definition) is 8. The molecule has 9 heteroatoms. The molecule has 6 rings (SSSR count). The van der Waals surface area contributed by atoms with Gasteiger partial charge in [0.05, 0.1) is 35.2 Å². The number of allylic oxidation sites excluding steroid dienone is 1. The third-order valence-electron chi connectivity index (χ3n) is 8.07. The smallest absolute Gasteiger partial charge is 0.258 e. The lowest BCUT2D eigenvalue weighted by molar-refractivity contribution is -0.112. The van der Waals surface area contributed by atoms with Crippen molar-refractivity contribution in [3.05, 3.63) is 103 Å². The molecule has 220 valence electrons. The van der Waals surface area contributed by atoms with Crippen molar-refractivity contribution in [1.29, 1.82) is 0 Å². The second kappa shape index (κ2) is 11.8. The van der Waals surface area contributed by atoms with E-state index >= 15 is 0 Å². The number of carbonyl (C=O) groups is 1. The van der Waals surface area contributed by atoms with Crippen LogP contribution in [-0.2, 0) is 9.53 Å². The Morgan fingerprint density at radius 1 is 1.07 bits per heavy atom. The number of para-hydroxylation sites is 1. The number of hydrogen-bond donors (Lipinski definition) is 1. The molecule has 1 aliphatic heterocycles. The second-order valence-electron chi connectivity index (χ2n) is 10.9. The van der Waals surface area contributed by atoms with Crippen LogP contribution in [0.25, 0.3) is 10.9 Å². The number of aromatic nitrogens is 2. The molecule has 1 amide bonds. The molecule has 0 bridgehead atoms. The summed E-state index contributed by atoms with van der Waals surface area (Å²) >= 11 is 0. The van der Waals surface area contributed by atoms with Gasteiger partial charge in [0.2, 0.25) is 0 Å². The molecular weight excluding hydrogens is 542 g/mol. The van der Waals surface area contributed by atoms with Gasteiger partial charge in [-0.2, -0.15) is 0 Å². The SMILES string of the molecule is C=C/C(C(=O)Nc1ccc(Oc2ccnc3cc(OC4COC5(CC5)C4)ccc23)cn1)=C(/C)N(C)N(C)c1ccccc1. The molecule has 2 aliphatic rings. The summed E-state index contributed by atoms with van der Waals surface area (Å²) in [6.07, 6.45) is 8.11. The summed E-state index contributed by atoms with van der Waals surface area (Å²) in [5.41, 5.74) is 3.01. The van der Waals surface area contributed by atoms with Gasteiger partial charge in [-0.3, -0.25) is 19.8 Å². The normalized spacial score (nSPS) is 17.2. The molecule has 9 nitrogen and oxygen atoms in total. The molecule has 0 radical (unpaired) electrons. The third-order valence-corrected chi connectivity index (χ3v) is 8.07. The topological polar surface area (TPSA) is 89.0 Å². The van der Waals surface area contributed by atoms with Gasteiger partial charge in [-0.1, -0.05) is 30.9 Å². The van der Waals surface area contributed by atoms with Crippen molar-refractivity contribution in [3.8, 4) is 17.2 Å². The van der Waals surface area contributed by atoms with E-state index in [0.717, 1.165) is 47.3 Å². The van der Waals surface area contributed by atoms with Gasteiger partial charge in [0, 0.05) is 43.9 Å². The molecule has 1 spiro atoms. The summed E-state index contributed by atoms with van der Waals surface area (Å²) in [5, 5.41) is 7.57. The number of nitrogens with zero attached hydrogens (tertiary/aromatic N) is 4. The van der Waals surface area contributed by atoms with Crippen LogP contribution < -0.4 is 19.8 Å². The van der Waals surface area contributed by atoms with Crippen LogP contribution in [0.2, 0.25) is 0 Å². The van der Waals surface area contributed by atoms with Crippen LogP contribution in [0.15, 0.2) is 103 Å². The lowest BCUT2D eigenvalue weighted by atomic mass is 10.1. The van der Waals surface area contributed by atoms with E-state index in [1.54, 1.807) is 30.6 Å². The summed E-state index contributed by atoms with van der Waals surface area (Å²) in [5.74, 6) is 2.04. The average molecular weight is 578 g/mol. The van der Waals surface area contributed by atoms with Crippen LogP contribution in [-0.4, -0.2) is 53.3 Å². The van der Waals surface area contributed by atoms with Crippen molar-refractivity contribution in [2.45, 2.75) is 37.9 Å². The predicted molar refractivity (Wildman–Crippen MR) is 167 cm³/mol. The highest BCUT2D eigenvalue weighted by Gasteiger charge is 2.51. The summed E-state index contributed by atoms with van der Waals surface area (Å²) in [6, 6.07) is 21.0. The highest BCUT2D eigenvalue weighted by molar-refractivity contribution is 6.05. The average Bonchev–Trinajstić information content (AvgIpc) is 3.68. The van der Waals surface area contributed by atoms with Gasteiger partial charge >= 0.3 is 0 Å². The zero-order chi connectivity index (χ0) is 30.0. The lowest BCUT2D eigenvalue weighted by Gasteiger charge is -2.33. The van der Waals surface area contributed by atoms with E-state index in [-0.39, 0.29) is 17.6 Å². The van der Waals surface area contributed by atoms with Crippen LogP contribution in [0.1, 0.15) is 26.2 Å². The molecular formula is C34H35N5O4. The fraction of sp³-hybridized carbons (Fsp3) is 0.265. The van der Waals surface area contributed by atoms with Crippen molar-refractivity contribution < 1.29 is 19.0 Å². The number of rotatable bonds is 10. The first kappa shape index (κ1) is 28.2. The maximum absolute atomic E-state index is 13.2. The van der Waals surface area contributed by atoms with Crippen LogP contribution in [0.4, 0.5) is 11.5 Å². The summed E-state index contributed by atoms with van der Waals surface area (Å²) in [7, 11) is 3.83. The maximum atomic E-state index is 13.2. The molecule has 1 N–H and O–H groups in total. The molecule has 4 aromatic rings. The number of benzene rings is 2. The van der Waals surface area contributed by atoms with E-state index in [4.69, 9.17) is 14.2 Å². The minimum absolute atomic E-state index is 0.0722. The van der Waals surface area contributed by atoms with E-state index in [9.17, 15) is 4.79 Å². The van der Waals surface area contributed by atoms with E-state index < -0.39 is 0 Å². The minimum Gasteiger partial charge on any atom is -0.488 e. The van der Waals surface area contributed by atoms with Crippen molar-refractivity contribution in [2.24, 2.45) is 0 Å². The number of nitrogens with one attached hydrogen (secondary N) is 1. The Hall–Kier alpha value is -4.89. The number of amides is 1. The Balaban J connectivity index is 1.11. The number of ether oxygens (including phenoxy) is 3. The van der Waals surface area contributed by atoms with Crippen molar-refractivity contribution in [3.63, 3.8) is 0 Å². The number of anilines is 2. The minimum atomic E-state index is -0.309. The Labute approximate surface area is 251 Å². The standard InChI is InChI=1S/C34H35N5O4/c1-5-28(23(2)38(3)39(4)24-9-7-6-8-10-24)33(40)37-32-14-12-26(21-36-32)43-31-15-18-35-30-19-25(11-13-29(30)31)42-27-20-34(16-17-34)41-22-27/h5-15,18-19,21,27H,1,16-17,20,22H2,2-4H3,(H,36,37,40)/b28-23+. The highest BCUT2D eigenvalue weighted by Crippen LogP contribution is 2.48. The first-order valence-electron chi connectivity index (χ1n) is 14.3. The van der Waals surface area contributed by atoms with Gasteiger partial charge in [-0.25, -0.2) is 4.98 Å². The quantitative estimate of drug-likeness (QED) is 0.130. The Morgan fingerprint density at radius 2 is 1.86 bits per heavy atom. The molecule has 43 heavy (non-hydrogen) atoms. The number of fused-ring (bicyclic) bond motifs is 1. The Kier molecular flexibility index (Phi) is 7.73. The molecule has 1 saturated heterocycles. The maximum Gasteiger partial charge on any atom is 0.258 e. The molecule has 2 aromatic heterocycles. The fourth-order valence-electron chi connectivity index (χ4n) is 5.27. The Bertz CT molecular complexity index is 1670. The molecule has 2 aromatic carbocycles. The van der Waals surface area contributed by atoms with E-state index in [0.29, 0.717) is 29.5 Å². The summed E-state index contributed by atoms with van der Waals surface area (Å²) < 4.78 is 18.2. The second-order valence-corrected chi connectivity index (χ2v) is 10.9. The van der Waals surface area contributed by atoms with Gasteiger partial charge in [0.15, 0.2) is 0 Å².